The van der Waals surface area contributed by atoms with Crippen molar-refractivity contribution in [3.05, 3.63) is 57.9 Å². The molecule has 0 radical (unpaired) electrons. The quantitative estimate of drug-likeness (QED) is 0.686. The highest BCUT2D eigenvalue weighted by molar-refractivity contribution is 7.07. The molecule has 7 heteroatoms. The molecule has 0 aliphatic carbocycles. The van der Waals surface area contributed by atoms with Crippen molar-refractivity contribution >= 4 is 22.9 Å². The molecule has 136 valence electrons. The molecule has 3 aromatic heterocycles. The standard InChI is InChI=1S/C19H20FN3O2S/c1-13-4-5-16-21-17(18(20)23(16)9-13)19(24)22(10-14-6-8-26-12-14)11-15-3-2-7-25-15/h4-6,8-9,12,15H,2-3,7,10-11H2,1H3/t15-/m1/s1. The number of aromatic nitrogens is 2. The molecule has 1 aliphatic rings. The number of fused-ring (bicyclic) bond motifs is 1. The Bertz CT molecular complexity index is 916. The van der Waals surface area contributed by atoms with Crippen molar-refractivity contribution in [3.8, 4) is 0 Å². The first-order chi connectivity index (χ1) is 12.6. The molecule has 0 unspecified atom stereocenters. The van der Waals surface area contributed by atoms with Crippen LogP contribution >= 0.6 is 11.3 Å². The maximum atomic E-state index is 14.8. The van der Waals surface area contributed by atoms with Gasteiger partial charge < -0.3 is 9.64 Å². The van der Waals surface area contributed by atoms with Crippen molar-refractivity contribution in [3.63, 3.8) is 0 Å². The van der Waals surface area contributed by atoms with Crippen LogP contribution in [-0.4, -0.2) is 39.4 Å². The zero-order valence-corrected chi connectivity index (χ0v) is 15.3. The van der Waals surface area contributed by atoms with Crippen LogP contribution in [0.1, 0.15) is 34.5 Å². The number of pyridine rings is 1. The number of ether oxygens (including phenoxy) is 1. The van der Waals surface area contributed by atoms with E-state index in [9.17, 15) is 9.18 Å². The number of amides is 1. The number of aryl methyl sites for hydroxylation is 1. The van der Waals surface area contributed by atoms with Crippen molar-refractivity contribution in [2.45, 2.75) is 32.4 Å². The second kappa shape index (κ2) is 7.17. The normalized spacial score (nSPS) is 17.1. The van der Waals surface area contributed by atoms with Crippen LogP contribution in [0.4, 0.5) is 4.39 Å². The Labute approximate surface area is 155 Å². The van der Waals surface area contributed by atoms with E-state index in [4.69, 9.17) is 4.74 Å². The third kappa shape index (κ3) is 3.37. The Morgan fingerprint density at radius 1 is 1.46 bits per heavy atom. The lowest BCUT2D eigenvalue weighted by Gasteiger charge is -2.24. The van der Waals surface area contributed by atoms with Gasteiger partial charge in [-0.25, -0.2) is 4.98 Å². The first-order valence-electron chi connectivity index (χ1n) is 8.68. The predicted octanol–water partition coefficient (Wildman–Crippen LogP) is 3.66. The molecule has 0 N–H and O–H groups in total. The van der Waals surface area contributed by atoms with Crippen LogP contribution in [0.25, 0.3) is 5.65 Å². The van der Waals surface area contributed by atoms with Gasteiger partial charge in [-0.2, -0.15) is 15.7 Å². The van der Waals surface area contributed by atoms with Crippen molar-refractivity contribution in [1.82, 2.24) is 14.3 Å². The SMILES string of the molecule is Cc1ccc2nc(C(=O)N(Cc3ccsc3)C[C@H]3CCCO3)c(F)n2c1. The summed E-state index contributed by atoms with van der Waals surface area (Å²) >= 11 is 1.58. The Morgan fingerprint density at radius 2 is 2.35 bits per heavy atom. The molecule has 1 saturated heterocycles. The van der Waals surface area contributed by atoms with Gasteiger partial charge in [-0.1, -0.05) is 6.07 Å². The van der Waals surface area contributed by atoms with Gasteiger partial charge in [-0.05, 0) is 53.8 Å². The number of hydrogen-bond donors (Lipinski definition) is 0. The van der Waals surface area contributed by atoms with E-state index in [1.807, 2.05) is 29.8 Å². The minimum Gasteiger partial charge on any atom is -0.376 e. The van der Waals surface area contributed by atoms with Gasteiger partial charge in [0.2, 0.25) is 5.95 Å². The van der Waals surface area contributed by atoms with E-state index in [1.165, 1.54) is 4.40 Å². The molecule has 0 aromatic carbocycles. The van der Waals surface area contributed by atoms with Gasteiger partial charge in [0.05, 0.1) is 6.10 Å². The first kappa shape index (κ1) is 17.2. The highest BCUT2D eigenvalue weighted by Gasteiger charge is 2.28. The van der Waals surface area contributed by atoms with Crippen LogP contribution in [0.15, 0.2) is 35.2 Å². The number of hydrogen-bond acceptors (Lipinski definition) is 4. The second-order valence-electron chi connectivity index (χ2n) is 6.64. The van der Waals surface area contributed by atoms with Gasteiger partial charge in [0.15, 0.2) is 5.69 Å². The summed E-state index contributed by atoms with van der Waals surface area (Å²) in [6.07, 6.45) is 3.56. The molecule has 1 aliphatic heterocycles. The molecule has 1 amide bonds. The van der Waals surface area contributed by atoms with Crippen molar-refractivity contribution in [2.24, 2.45) is 0 Å². The molecular formula is C19H20FN3O2S. The molecule has 4 rings (SSSR count). The molecular weight excluding hydrogens is 353 g/mol. The molecule has 0 bridgehead atoms. The summed E-state index contributed by atoms with van der Waals surface area (Å²) in [6.45, 7) is 3.46. The predicted molar refractivity (Wildman–Crippen MR) is 97.9 cm³/mol. The van der Waals surface area contributed by atoms with E-state index in [0.717, 1.165) is 24.0 Å². The van der Waals surface area contributed by atoms with Crippen LogP contribution in [0.3, 0.4) is 0 Å². The lowest BCUT2D eigenvalue weighted by atomic mass is 10.2. The van der Waals surface area contributed by atoms with E-state index in [0.29, 0.717) is 25.3 Å². The van der Waals surface area contributed by atoms with Crippen molar-refractivity contribution in [2.75, 3.05) is 13.2 Å². The molecule has 1 atom stereocenters. The summed E-state index contributed by atoms with van der Waals surface area (Å²) in [5, 5.41) is 3.97. The van der Waals surface area contributed by atoms with Gasteiger partial charge in [0.25, 0.3) is 5.91 Å². The van der Waals surface area contributed by atoms with Crippen molar-refractivity contribution in [1.29, 1.82) is 0 Å². The molecule has 26 heavy (non-hydrogen) atoms. The Kier molecular flexibility index (Phi) is 4.74. The van der Waals surface area contributed by atoms with Gasteiger partial charge in [0, 0.05) is 25.9 Å². The Morgan fingerprint density at radius 3 is 3.08 bits per heavy atom. The molecule has 1 fully saturated rings. The first-order valence-corrected chi connectivity index (χ1v) is 9.62. The van der Waals surface area contributed by atoms with Crippen molar-refractivity contribution < 1.29 is 13.9 Å². The number of halogens is 1. The van der Waals surface area contributed by atoms with E-state index < -0.39 is 11.9 Å². The second-order valence-corrected chi connectivity index (χ2v) is 7.42. The number of carbonyl (C=O) groups is 1. The fourth-order valence-corrected chi connectivity index (χ4v) is 3.92. The fourth-order valence-electron chi connectivity index (χ4n) is 3.26. The smallest absolute Gasteiger partial charge is 0.277 e. The fraction of sp³-hybridized carbons (Fsp3) is 0.368. The molecule has 3 aromatic rings. The molecule has 0 saturated carbocycles. The van der Waals surface area contributed by atoms with Gasteiger partial charge >= 0.3 is 0 Å². The number of carbonyl (C=O) groups excluding carboxylic acids is 1. The maximum absolute atomic E-state index is 14.8. The van der Waals surface area contributed by atoms with Crippen LogP contribution in [0, 0.1) is 12.9 Å². The van der Waals surface area contributed by atoms with E-state index in [-0.39, 0.29) is 11.8 Å². The van der Waals surface area contributed by atoms with E-state index in [1.54, 1.807) is 28.5 Å². The summed E-state index contributed by atoms with van der Waals surface area (Å²) in [5.41, 5.74) is 2.23. The summed E-state index contributed by atoms with van der Waals surface area (Å²) in [7, 11) is 0. The third-order valence-corrected chi connectivity index (χ3v) is 5.33. The van der Waals surface area contributed by atoms with E-state index >= 15 is 0 Å². The zero-order valence-electron chi connectivity index (χ0n) is 14.5. The van der Waals surface area contributed by atoms with Gasteiger partial charge in [0.1, 0.15) is 5.65 Å². The number of nitrogens with zero attached hydrogens (tertiary/aromatic N) is 3. The van der Waals surface area contributed by atoms with Crippen LogP contribution in [0.2, 0.25) is 0 Å². The molecule has 0 spiro atoms. The third-order valence-electron chi connectivity index (χ3n) is 4.60. The van der Waals surface area contributed by atoms with E-state index in [2.05, 4.69) is 4.98 Å². The summed E-state index contributed by atoms with van der Waals surface area (Å²) in [4.78, 5) is 19.0. The Hall–Kier alpha value is -2.25. The minimum absolute atomic E-state index is 0.0000715. The highest BCUT2D eigenvalue weighted by Crippen LogP contribution is 2.20. The molecule has 4 heterocycles. The topological polar surface area (TPSA) is 46.8 Å². The number of thiophene rings is 1. The summed E-state index contributed by atoms with van der Waals surface area (Å²) in [6, 6.07) is 5.55. The number of imidazole rings is 1. The van der Waals surface area contributed by atoms with Gasteiger partial charge in [-0.15, -0.1) is 0 Å². The zero-order chi connectivity index (χ0) is 18.1. The average molecular weight is 373 g/mol. The molecule has 5 nitrogen and oxygen atoms in total. The minimum atomic E-state index is -0.614. The highest BCUT2D eigenvalue weighted by atomic mass is 32.1. The average Bonchev–Trinajstić information content (AvgIpc) is 3.37. The maximum Gasteiger partial charge on any atom is 0.277 e. The summed E-state index contributed by atoms with van der Waals surface area (Å²) in [5.74, 6) is -1.01. The Balaban J connectivity index is 1.65. The lowest BCUT2D eigenvalue weighted by molar-refractivity contribution is 0.0499. The lowest BCUT2D eigenvalue weighted by Crippen LogP contribution is -2.37. The van der Waals surface area contributed by atoms with Gasteiger partial charge in [-0.3, -0.25) is 9.20 Å². The van der Waals surface area contributed by atoms with Crippen LogP contribution < -0.4 is 0 Å². The largest absolute Gasteiger partial charge is 0.376 e. The number of rotatable bonds is 5. The summed E-state index contributed by atoms with van der Waals surface area (Å²) < 4.78 is 21.8. The van der Waals surface area contributed by atoms with Crippen LogP contribution in [-0.2, 0) is 11.3 Å². The van der Waals surface area contributed by atoms with Crippen LogP contribution in [0.5, 0.6) is 0 Å². The monoisotopic (exact) mass is 373 g/mol.